The molecule has 4 N–H and O–H groups in total. The Morgan fingerprint density at radius 1 is 1.55 bits per heavy atom. The molecule has 0 fully saturated rings. The van der Waals surface area contributed by atoms with E-state index >= 15 is 0 Å². The zero-order valence-corrected chi connectivity index (χ0v) is 13.4. The standard InChI is InChI=1S/C14H21BrN2O3/c1-3-4-17-9(2)11-7-10(8-12(15)13(11)16)14(19)20-6-5-18/h7-9,17-18H,3-6,16H2,1-2H3. The van der Waals surface area contributed by atoms with Gasteiger partial charge in [-0.3, -0.25) is 0 Å². The molecule has 0 aromatic heterocycles. The molecule has 0 aliphatic rings. The summed E-state index contributed by atoms with van der Waals surface area (Å²) in [6, 6.07) is 3.40. The van der Waals surface area contributed by atoms with E-state index in [4.69, 9.17) is 15.6 Å². The Hall–Kier alpha value is -1.11. The summed E-state index contributed by atoms with van der Waals surface area (Å²) in [5.41, 5.74) is 7.92. The van der Waals surface area contributed by atoms with E-state index in [-0.39, 0.29) is 19.3 Å². The van der Waals surface area contributed by atoms with Crippen LogP contribution in [0.3, 0.4) is 0 Å². The van der Waals surface area contributed by atoms with E-state index < -0.39 is 5.97 Å². The third kappa shape index (κ3) is 4.47. The summed E-state index contributed by atoms with van der Waals surface area (Å²) in [6.07, 6.45) is 1.02. The van der Waals surface area contributed by atoms with E-state index in [0.717, 1.165) is 18.5 Å². The number of esters is 1. The average Bonchev–Trinajstić information content (AvgIpc) is 2.44. The summed E-state index contributed by atoms with van der Waals surface area (Å²) in [7, 11) is 0. The minimum absolute atomic E-state index is 0.0141. The quantitative estimate of drug-likeness (QED) is 0.521. The third-order valence-electron chi connectivity index (χ3n) is 2.89. The number of aliphatic hydroxyl groups excluding tert-OH is 1. The molecular formula is C14H21BrN2O3. The van der Waals surface area contributed by atoms with Gasteiger partial charge in [0.05, 0.1) is 17.9 Å². The van der Waals surface area contributed by atoms with Crippen LogP contribution in [-0.4, -0.2) is 30.8 Å². The van der Waals surface area contributed by atoms with Gasteiger partial charge in [0.15, 0.2) is 0 Å². The monoisotopic (exact) mass is 344 g/mol. The molecule has 1 aromatic carbocycles. The second-order valence-electron chi connectivity index (χ2n) is 4.50. The molecular weight excluding hydrogens is 324 g/mol. The highest BCUT2D eigenvalue weighted by molar-refractivity contribution is 9.10. The summed E-state index contributed by atoms with van der Waals surface area (Å²) in [4.78, 5) is 11.8. The number of ether oxygens (including phenoxy) is 1. The van der Waals surface area contributed by atoms with Crippen molar-refractivity contribution in [3.63, 3.8) is 0 Å². The van der Waals surface area contributed by atoms with E-state index in [1.54, 1.807) is 12.1 Å². The van der Waals surface area contributed by atoms with Crippen LogP contribution >= 0.6 is 15.9 Å². The van der Waals surface area contributed by atoms with Crippen molar-refractivity contribution in [2.75, 3.05) is 25.5 Å². The summed E-state index contributed by atoms with van der Waals surface area (Å²) >= 11 is 3.36. The maximum Gasteiger partial charge on any atom is 0.338 e. The fourth-order valence-corrected chi connectivity index (χ4v) is 2.28. The Balaban J connectivity index is 2.99. The lowest BCUT2D eigenvalue weighted by Crippen LogP contribution is -2.21. The van der Waals surface area contributed by atoms with E-state index in [2.05, 4.69) is 28.2 Å². The maximum atomic E-state index is 11.8. The zero-order chi connectivity index (χ0) is 15.1. The van der Waals surface area contributed by atoms with Crippen molar-refractivity contribution in [3.05, 3.63) is 27.7 Å². The number of anilines is 1. The molecule has 6 heteroatoms. The predicted octanol–water partition coefficient (Wildman–Crippen LogP) is 2.24. The van der Waals surface area contributed by atoms with E-state index in [0.29, 0.717) is 15.7 Å². The van der Waals surface area contributed by atoms with Crippen molar-refractivity contribution in [1.82, 2.24) is 5.32 Å². The van der Waals surface area contributed by atoms with Crippen molar-refractivity contribution >= 4 is 27.6 Å². The molecule has 0 saturated carbocycles. The highest BCUT2D eigenvalue weighted by Crippen LogP contribution is 2.30. The summed E-state index contributed by atoms with van der Waals surface area (Å²) in [5.74, 6) is -0.469. The van der Waals surface area contributed by atoms with Gasteiger partial charge in [-0.25, -0.2) is 4.79 Å². The Labute approximate surface area is 127 Å². The Morgan fingerprint density at radius 3 is 2.85 bits per heavy atom. The SMILES string of the molecule is CCCNC(C)c1cc(C(=O)OCCO)cc(Br)c1N. The Kier molecular flexibility index (Phi) is 6.98. The van der Waals surface area contributed by atoms with Gasteiger partial charge < -0.3 is 20.9 Å². The number of nitrogens with two attached hydrogens (primary N) is 1. The molecule has 0 amide bonds. The number of benzene rings is 1. The molecule has 112 valence electrons. The molecule has 5 nitrogen and oxygen atoms in total. The second kappa shape index (κ2) is 8.24. The fourth-order valence-electron chi connectivity index (χ4n) is 1.81. The van der Waals surface area contributed by atoms with Gasteiger partial charge >= 0.3 is 5.97 Å². The largest absolute Gasteiger partial charge is 0.460 e. The molecule has 1 unspecified atom stereocenters. The first-order valence-electron chi connectivity index (χ1n) is 6.61. The van der Waals surface area contributed by atoms with Gasteiger partial charge in [-0.15, -0.1) is 0 Å². The molecule has 0 heterocycles. The lowest BCUT2D eigenvalue weighted by atomic mass is 10.0. The smallest absolute Gasteiger partial charge is 0.338 e. The summed E-state index contributed by atoms with van der Waals surface area (Å²) in [5, 5.41) is 12.0. The first kappa shape index (κ1) is 16.9. The number of hydrogen-bond acceptors (Lipinski definition) is 5. The molecule has 1 atom stereocenters. The van der Waals surface area contributed by atoms with Crippen molar-refractivity contribution in [2.45, 2.75) is 26.3 Å². The van der Waals surface area contributed by atoms with Gasteiger partial charge in [-0.05, 0) is 53.5 Å². The number of hydrogen-bond donors (Lipinski definition) is 3. The van der Waals surface area contributed by atoms with Gasteiger partial charge in [0, 0.05) is 10.5 Å². The lowest BCUT2D eigenvalue weighted by Gasteiger charge is -2.18. The highest BCUT2D eigenvalue weighted by Gasteiger charge is 2.16. The molecule has 0 spiro atoms. The van der Waals surface area contributed by atoms with E-state index in [1.165, 1.54) is 0 Å². The zero-order valence-electron chi connectivity index (χ0n) is 11.8. The maximum absolute atomic E-state index is 11.8. The number of aliphatic hydroxyl groups is 1. The highest BCUT2D eigenvalue weighted by atomic mass is 79.9. The molecule has 1 aromatic rings. The first-order chi connectivity index (χ1) is 9.51. The van der Waals surface area contributed by atoms with Crippen LogP contribution < -0.4 is 11.1 Å². The molecule has 0 aliphatic heterocycles. The van der Waals surface area contributed by atoms with Crippen LogP contribution in [0.4, 0.5) is 5.69 Å². The van der Waals surface area contributed by atoms with Gasteiger partial charge in [0.1, 0.15) is 6.61 Å². The minimum atomic E-state index is -0.469. The molecule has 0 saturated heterocycles. The number of nitrogens with one attached hydrogen (secondary N) is 1. The van der Waals surface area contributed by atoms with Crippen molar-refractivity contribution in [2.24, 2.45) is 0 Å². The first-order valence-corrected chi connectivity index (χ1v) is 7.40. The molecule has 0 aliphatic carbocycles. The molecule has 1 rings (SSSR count). The topological polar surface area (TPSA) is 84.6 Å². The van der Waals surface area contributed by atoms with Gasteiger partial charge in [0.25, 0.3) is 0 Å². The summed E-state index contributed by atoms with van der Waals surface area (Å²) < 4.78 is 5.58. The normalized spacial score (nSPS) is 12.2. The molecule has 20 heavy (non-hydrogen) atoms. The number of rotatable bonds is 7. The lowest BCUT2D eigenvalue weighted by molar-refractivity contribution is 0.0433. The van der Waals surface area contributed by atoms with Gasteiger partial charge in [0.2, 0.25) is 0 Å². The van der Waals surface area contributed by atoms with Crippen LogP contribution in [0, 0.1) is 0 Å². The van der Waals surface area contributed by atoms with Crippen LogP contribution in [0.2, 0.25) is 0 Å². The number of halogens is 1. The van der Waals surface area contributed by atoms with Gasteiger partial charge in [-0.2, -0.15) is 0 Å². The van der Waals surface area contributed by atoms with Crippen LogP contribution in [-0.2, 0) is 4.74 Å². The van der Waals surface area contributed by atoms with E-state index in [1.807, 2.05) is 6.92 Å². The Bertz CT molecular complexity index is 466. The Morgan fingerprint density at radius 2 is 2.25 bits per heavy atom. The second-order valence-corrected chi connectivity index (χ2v) is 5.35. The van der Waals surface area contributed by atoms with Crippen molar-refractivity contribution in [3.8, 4) is 0 Å². The number of carbonyl (C=O) groups is 1. The third-order valence-corrected chi connectivity index (χ3v) is 3.54. The van der Waals surface area contributed by atoms with Gasteiger partial charge in [-0.1, -0.05) is 6.92 Å². The fraction of sp³-hybridized carbons (Fsp3) is 0.500. The molecule has 0 bridgehead atoms. The van der Waals surface area contributed by atoms with Crippen LogP contribution in [0.15, 0.2) is 16.6 Å². The van der Waals surface area contributed by atoms with Crippen LogP contribution in [0.1, 0.15) is 42.2 Å². The number of nitrogen functional groups attached to an aromatic ring is 1. The molecule has 0 radical (unpaired) electrons. The minimum Gasteiger partial charge on any atom is -0.460 e. The van der Waals surface area contributed by atoms with Crippen molar-refractivity contribution < 1.29 is 14.6 Å². The van der Waals surface area contributed by atoms with Crippen LogP contribution in [0.5, 0.6) is 0 Å². The van der Waals surface area contributed by atoms with Crippen molar-refractivity contribution in [1.29, 1.82) is 0 Å². The predicted molar refractivity (Wildman–Crippen MR) is 82.6 cm³/mol. The van der Waals surface area contributed by atoms with Crippen LogP contribution in [0.25, 0.3) is 0 Å². The summed E-state index contributed by atoms with van der Waals surface area (Å²) in [6.45, 7) is 4.75. The average molecular weight is 345 g/mol. The number of carbonyl (C=O) groups excluding carboxylic acids is 1. The van der Waals surface area contributed by atoms with E-state index in [9.17, 15) is 4.79 Å².